The molecule has 0 saturated carbocycles. The lowest BCUT2D eigenvalue weighted by Crippen LogP contribution is -2.47. The van der Waals surface area contributed by atoms with Crippen molar-refractivity contribution in [2.24, 2.45) is 0 Å². The van der Waals surface area contributed by atoms with Crippen molar-refractivity contribution in [3.8, 4) is 0 Å². The number of quaternary nitrogens is 1. The van der Waals surface area contributed by atoms with Gasteiger partial charge in [0, 0.05) is 6.42 Å². The zero-order valence-corrected chi connectivity index (χ0v) is 5.24. The van der Waals surface area contributed by atoms with Gasteiger partial charge in [-0.1, -0.05) is 4.65 Å². The highest BCUT2D eigenvalue weighted by atomic mass is 16.6. The molecule has 9 heavy (non-hydrogen) atoms. The zero-order valence-electron chi connectivity index (χ0n) is 5.24. The van der Waals surface area contributed by atoms with Crippen molar-refractivity contribution in [2.45, 2.75) is 19.1 Å². The van der Waals surface area contributed by atoms with Crippen molar-refractivity contribution in [1.29, 1.82) is 0 Å². The number of nitrogens with zero attached hydrogens (tertiary/aromatic N) is 1. The van der Waals surface area contributed by atoms with E-state index in [1.807, 2.05) is 0 Å². The van der Waals surface area contributed by atoms with Crippen LogP contribution in [-0.4, -0.2) is 34.1 Å². The monoisotopic (exact) mass is 132 g/mol. The van der Waals surface area contributed by atoms with E-state index >= 15 is 0 Å². The highest BCUT2D eigenvalue weighted by Crippen LogP contribution is 2.20. The van der Waals surface area contributed by atoms with Crippen molar-refractivity contribution in [2.75, 3.05) is 7.05 Å². The van der Waals surface area contributed by atoms with E-state index in [1.54, 1.807) is 0 Å². The molecule has 1 amide bonds. The maximum absolute atomic E-state index is 10.7. The fourth-order valence-electron chi connectivity index (χ4n) is 0.897. The first-order chi connectivity index (χ1) is 4.05. The molecule has 2 atom stereocenters. The van der Waals surface area contributed by atoms with Gasteiger partial charge in [0.2, 0.25) is 6.23 Å². The van der Waals surface area contributed by atoms with Crippen LogP contribution in [0.3, 0.4) is 0 Å². The third-order valence-corrected chi connectivity index (χ3v) is 1.70. The first-order valence-electron chi connectivity index (χ1n) is 2.85. The molecule has 52 valence electrons. The molecular formula is C5H10NO3+. The minimum atomic E-state index is -0.919. The second kappa shape index (κ2) is 1.76. The normalized spacial score (nSPS) is 43.9. The Morgan fingerprint density at radius 2 is 2.33 bits per heavy atom. The number of aliphatic hydroxyl groups excluding tert-OH is 1. The molecular weight excluding hydrogens is 122 g/mol. The number of hydrogen-bond donors (Lipinski definition) is 2. The van der Waals surface area contributed by atoms with Crippen molar-refractivity contribution in [3.63, 3.8) is 0 Å². The van der Waals surface area contributed by atoms with Crippen LogP contribution in [0.4, 0.5) is 0 Å². The van der Waals surface area contributed by atoms with Crippen LogP contribution in [0.25, 0.3) is 0 Å². The van der Waals surface area contributed by atoms with Gasteiger partial charge in [0.1, 0.15) is 7.05 Å². The predicted molar refractivity (Wildman–Crippen MR) is 28.2 cm³/mol. The molecule has 0 aromatic heterocycles. The first-order valence-corrected chi connectivity index (χ1v) is 2.85. The van der Waals surface area contributed by atoms with Crippen LogP contribution in [0.2, 0.25) is 0 Å². The molecule has 1 saturated heterocycles. The minimum Gasteiger partial charge on any atom is -0.342 e. The molecule has 4 heteroatoms. The van der Waals surface area contributed by atoms with Crippen LogP contribution in [0.5, 0.6) is 0 Å². The Kier molecular flexibility index (Phi) is 1.31. The molecule has 1 rings (SSSR count). The predicted octanol–water partition coefficient (Wildman–Crippen LogP) is -0.539. The fourth-order valence-corrected chi connectivity index (χ4v) is 0.897. The molecule has 1 fully saturated rings. The van der Waals surface area contributed by atoms with Gasteiger partial charge in [0.05, 0.1) is 6.42 Å². The number of hydrogen-bond acceptors (Lipinski definition) is 3. The second-order valence-corrected chi connectivity index (χ2v) is 2.44. The third-order valence-electron chi connectivity index (χ3n) is 1.70. The van der Waals surface area contributed by atoms with E-state index in [1.165, 1.54) is 7.05 Å². The van der Waals surface area contributed by atoms with Crippen molar-refractivity contribution in [3.05, 3.63) is 0 Å². The van der Waals surface area contributed by atoms with Crippen LogP contribution in [0, 0.1) is 0 Å². The van der Waals surface area contributed by atoms with Gasteiger partial charge in [-0.15, -0.1) is 0 Å². The Labute approximate surface area is 52.9 Å². The second-order valence-electron chi connectivity index (χ2n) is 2.44. The lowest BCUT2D eigenvalue weighted by molar-refractivity contribution is -1.05. The smallest absolute Gasteiger partial charge is 0.342 e. The van der Waals surface area contributed by atoms with Gasteiger partial charge in [0.15, 0.2) is 0 Å². The van der Waals surface area contributed by atoms with Crippen LogP contribution < -0.4 is 0 Å². The summed E-state index contributed by atoms with van der Waals surface area (Å²) in [6, 6.07) is 0. The summed E-state index contributed by atoms with van der Waals surface area (Å²) >= 11 is 0. The zero-order chi connectivity index (χ0) is 7.07. The van der Waals surface area contributed by atoms with Crippen molar-refractivity contribution < 1.29 is 19.8 Å². The van der Waals surface area contributed by atoms with Gasteiger partial charge in [-0.3, -0.25) is 0 Å². The van der Waals surface area contributed by atoms with E-state index in [0.29, 0.717) is 6.42 Å². The van der Waals surface area contributed by atoms with E-state index in [4.69, 9.17) is 10.3 Å². The summed E-state index contributed by atoms with van der Waals surface area (Å²) in [4.78, 5) is 10.7. The quantitative estimate of drug-likeness (QED) is 0.344. The number of likely N-dealkylation sites (tertiary alicyclic amines) is 1. The Morgan fingerprint density at radius 1 is 1.78 bits per heavy atom. The molecule has 1 aliphatic rings. The number of rotatable bonds is 0. The summed E-state index contributed by atoms with van der Waals surface area (Å²) in [7, 11) is 1.29. The molecule has 2 N–H and O–H groups in total. The van der Waals surface area contributed by atoms with Gasteiger partial charge in [-0.25, -0.2) is 10.0 Å². The highest BCUT2D eigenvalue weighted by molar-refractivity contribution is 5.69. The molecule has 0 aliphatic carbocycles. The van der Waals surface area contributed by atoms with Crippen LogP contribution in [0.15, 0.2) is 0 Å². The van der Waals surface area contributed by atoms with Crippen molar-refractivity contribution >= 4 is 5.91 Å². The van der Waals surface area contributed by atoms with Gasteiger partial charge < -0.3 is 5.11 Å². The molecule has 4 nitrogen and oxygen atoms in total. The maximum Gasteiger partial charge on any atom is 0.347 e. The first kappa shape index (κ1) is 6.67. The summed E-state index contributed by atoms with van der Waals surface area (Å²) in [6.45, 7) is 0. The Bertz CT molecular complexity index is 143. The number of aliphatic hydroxyl groups is 1. The summed E-state index contributed by atoms with van der Waals surface area (Å²) in [6.07, 6.45) is -0.280. The number of hydroxylamine groups is 3. The lowest BCUT2D eigenvalue weighted by atomic mass is 10.4. The van der Waals surface area contributed by atoms with E-state index in [2.05, 4.69) is 0 Å². The Hall–Kier alpha value is -0.450. The van der Waals surface area contributed by atoms with Gasteiger partial charge in [0.25, 0.3) is 0 Å². The molecule has 0 aromatic rings. The number of carbonyl (C=O) groups excluding carboxylic acids is 1. The summed E-state index contributed by atoms with van der Waals surface area (Å²) < 4.78 is -0.861. The topological polar surface area (TPSA) is 57.5 Å². The molecule has 0 spiro atoms. The van der Waals surface area contributed by atoms with Crippen LogP contribution in [-0.2, 0) is 4.79 Å². The van der Waals surface area contributed by atoms with E-state index in [0.717, 1.165) is 0 Å². The average molecular weight is 132 g/mol. The number of carbonyl (C=O) groups is 1. The highest BCUT2D eigenvalue weighted by Gasteiger charge is 2.44. The van der Waals surface area contributed by atoms with E-state index < -0.39 is 10.9 Å². The molecule has 0 bridgehead atoms. The van der Waals surface area contributed by atoms with Gasteiger partial charge >= 0.3 is 5.91 Å². The van der Waals surface area contributed by atoms with Gasteiger partial charge in [-0.2, -0.15) is 0 Å². The Balaban J connectivity index is 2.78. The standard InChI is InChI=1S/C5H10NO3/c1-6(9)4(7)2-3-5(6)8/h4,7,9H,2-3H2,1H3/q+1. The summed E-state index contributed by atoms with van der Waals surface area (Å²) in [5.41, 5.74) is 0. The Morgan fingerprint density at radius 3 is 2.44 bits per heavy atom. The fraction of sp³-hybridized carbons (Fsp3) is 0.800. The summed E-state index contributed by atoms with van der Waals surface area (Å²) in [5.74, 6) is -0.317. The largest absolute Gasteiger partial charge is 0.347 e. The summed E-state index contributed by atoms with van der Waals surface area (Å²) in [5, 5.41) is 18.0. The van der Waals surface area contributed by atoms with Crippen LogP contribution in [0.1, 0.15) is 12.8 Å². The lowest BCUT2D eigenvalue weighted by Gasteiger charge is -2.19. The van der Waals surface area contributed by atoms with Crippen LogP contribution >= 0.6 is 0 Å². The SMILES string of the molecule is C[N+]1(O)C(=O)CCC1O. The third kappa shape index (κ3) is 0.849. The van der Waals surface area contributed by atoms with E-state index in [-0.39, 0.29) is 12.3 Å². The molecule has 1 aliphatic heterocycles. The maximum atomic E-state index is 10.7. The molecule has 0 aromatic carbocycles. The van der Waals surface area contributed by atoms with Gasteiger partial charge in [-0.05, 0) is 0 Å². The number of amides is 1. The van der Waals surface area contributed by atoms with Crippen molar-refractivity contribution in [1.82, 2.24) is 0 Å². The molecule has 1 heterocycles. The average Bonchev–Trinajstić information content (AvgIpc) is 1.96. The minimum absolute atomic E-state index is 0.272. The molecule has 2 unspecified atom stereocenters. The molecule has 0 radical (unpaired) electrons. The van der Waals surface area contributed by atoms with E-state index in [9.17, 15) is 4.79 Å².